The minimum absolute atomic E-state index is 0.0634. The number of phenols is 1. The molecule has 0 saturated heterocycles. The predicted octanol–water partition coefficient (Wildman–Crippen LogP) is 3.84. The van der Waals surface area contributed by atoms with Gasteiger partial charge >= 0.3 is 11.9 Å². The summed E-state index contributed by atoms with van der Waals surface area (Å²) in [5.41, 5.74) is 3.73. The van der Waals surface area contributed by atoms with Crippen LogP contribution in [0.5, 0.6) is 5.75 Å². The Balaban J connectivity index is 2.28. The molecule has 0 bridgehead atoms. The summed E-state index contributed by atoms with van der Waals surface area (Å²) >= 11 is 0. The lowest BCUT2D eigenvalue weighted by molar-refractivity contribution is -0.136. The molecule has 128 valence electrons. The number of esters is 1. The van der Waals surface area contributed by atoms with Gasteiger partial charge in [-0.2, -0.15) is 0 Å². The lowest BCUT2D eigenvalue weighted by Crippen LogP contribution is -2.01. The lowest BCUT2D eigenvalue weighted by atomic mass is 9.91. The summed E-state index contributed by atoms with van der Waals surface area (Å²) in [5, 5.41) is 18.9. The molecule has 0 radical (unpaired) electrons. The molecule has 1 aromatic carbocycles. The summed E-state index contributed by atoms with van der Waals surface area (Å²) in [4.78, 5) is 22.7. The van der Waals surface area contributed by atoms with Crippen LogP contribution in [0, 0.1) is 6.92 Å². The van der Waals surface area contributed by atoms with Crippen molar-refractivity contribution >= 4 is 11.9 Å². The highest BCUT2D eigenvalue weighted by Crippen LogP contribution is 2.42. The van der Waals surface area contributed by atoms with Crippen LogP contribution in [0.2, 0.25) is 0 Å². The molecule has 0 amide bonds. The van der Waals surface area contributed by atoms with Gasteiger partial charge in [-0.3, -0.25) is 4.79 Å². The molecule has 1 atom stereocenters. The van der Waals surface area contributed by atoms with E-state index in [1.165, 1.54) is 0 Å². The molecule has 2 rings (SSSR count). The van der Waals surface area contributed by atoms with Gasteiger partial charge in [-0.15, -0.1) is 6.58 Å². The zero-order valence-corrected chi connectivity index (χ0v) is 14.0. The first-order valence-corrected chi connectivity index (χ1v) is 7.89. The van der Waals surface area contributed by atoms with E-state index in [2.05, 4.69) is 6.58 Å². The van der Waals surface area contributed by atoms with E-state index in [-0.39, 0.29) is 17.7 Å². The Labute approximate surface area is 141 Å². The van der Waals surface area contributed by atoms with Crippen LogP contribution >= 0.6 is 0 Å². The highest BCUT2D eigenvalue weighted by molar-refractivity contribution is 5.97. The van der Waals surface area contributed by atoms with Crippen molar-refractivity contribution in [3.63, 3.8) is 0 Å². The molecule has 2 N–H and O–H groups in total. The van der Waals surface area contributed by atoms with Crippen LogP contribution in [-0.2, 0) is 16.0 Å². The first kappa shape index (κ1) is 17.8. The number of hydrogen-bond acceptors (Lipinski definition) is 4. The van der Waals surface area contributed by atoms with Gasteiger partial charge in [0.2, 0.25) is 0 Å². The van der Waals surface area contributed by atoms with Crippen LogP contribution in [-0.4, -0.2) is 22.2 Å². The molecule has 0 saturated carbocycles. The topological polar surface area (TPSA) is 83.8 Å². The number of carbonyl (C=O) groups is 2. The SMILES string of the molecule is C=CCc1cc(O)c2c(c1C)C(CC=C(C)CCC(=O)O)OC2=O. The van der Waals surface area contributed by atoms with Gasteiger partial charge in [0.25, 0.3) is 0 Å². The molecule has 5 nitrogen and oxygen atoms in total. The van der Waals surface area contributed by atoms with Crippen molar-refractivity contribution < 1.29 is 24.5 Å². The summed E-state index contributed by atoms with van der Waals surface area (Å²) in [6.07, 6.45) is 4.78. The van der Waals surface area contributed by atoms with Crippen LogP contribution in [0.1, 0.15) is 59.3 Å². The Kier molecular flexibility index (Phi) is 5.44. The van der Waals surface area contributed by atoms with Crippen molar-refractivity contribution in [3.8, 4) is 5.75 Å². The molecule has 0 spiro atoms. The van der Waals surface area contributed by atoms with Gasteiger partial charge in [0.05, 0.1) is 0 Å². The first-order valence-electron chi connectivity index (χ1n) is 7.89. The van der Waals surface area contributed by atoms with Crippen molar-refractivity contribution in [2.45, 2.75) is 45.6 Å². The molecular weight excluding hydrogens is 308 g/mol. The molecule has 0 aliphatic carbocycles. The van der Waals surface area contributed by atoms with Gasteiger partial charge in [0, 0.05) is 18.4 Å². The summed E-state index contributed by atoms with van der Waals surface area (Å²) < 4.78 is 5.42. The number of cyclic esters (lactones) is 1. The summed E-state index contributed by atoms with van der Waals surface area (Å²) in [6.45, 7) is 7.48. The fourth-order valence-corrected chi connectivity index (χ4v) is 2.96. The number of aliphatic carboxylic acids is 1. The first-order chi connectivity index (χ1) is 11.3. The molecule has 0 aromatic heterocycles. The van der Waals surface area contributed by atoms with E-state index in [0.717, 1.165) is 22.3 Å². The largest absolute Gasteiger partial charge is 0.507 e. The second-order valence-electron chi connectivity index (χ2n) is 6.04. The molecule has 1 aliphatic rings. The van der Waals surface area contributed by atoms with Gasteiger partial charge < -0.3 is 14.9 Å². The molecule has 5 heteroatoms. The van der Waals surface area contributed by atoms with E-state index in [0.29, 0.717) is 19.3 Å². The number of allylic oxidation sites excluding steroid dienone is 2. The Morgan fingerprint density at radius 1 is 1.42 bits per heavy atom. The normalized spacial score (nSPS) is 16.7. The average Bonchev–Trinajstić information content (AvgIpc) is 2.85. The average molecular weight is 330 g/mol. The van der Waals surface area contributed by atoms with Crippen LogP contribution in [0.15, 0.2) is 30.4 Å². The molecule has 0 fully saturated rings. The fourth-order valence-electron chi connectivity index (χ4n) is 2.96. The zero-order chi connectivity index (χ0) is 17.9. The van der Waals surface area contributed by atoms with Gasteiger partial charge in [-0.05, 0) is 43.9 Å². The summed E-state index contributed by atoms with van der Waals surface area (Å²) in [6, 6.07) is 1.59. The van der Waals surface area contributed by atoms with Crippen molar-refractivity contribution in [1.29, 1.82) is 0 Å². The van der Waals surface area contributed by atoms with E-state index in [9.17, 15) is 14.7 Å². The van der Waals surface area contributed by atoms with E-state index in [1.54, 1.807) is 12.1 Å². The van der Waals surface area contributed by atoms with Crippen LogP contribution in [0.4, 0.5) is 0 Å². The second kappa shape index (κ2) is 7.34. The number of phenolic OH excluding ortho intramolecular Hbond substituents is 1. The molecule has 1 heterocycles. The molecular formula is C19H22O5. The number of aromatic hydroxyl groups is 1. The van der Waals surface area contributed by atoms with Crippen LogP contribution < -0.4 is 0 Å². The number of rotatable bonds is 7. The Bertz CT molecular complexity index is 715. The minimum atomic E-state index is -0.838. The third kappa shape index (κ3) is 3.67. The second-order valence-corrected chi connectivity index (χ2v) is 6.04. The zero-order valence-electron chi connectivity index (χ0n) is 14.0. The molecule has 24 heavy (non-hydrogen) atoms. The highest BCUT2D eigenvalue weighted by atomic mass is 16.5. The Morgan fingerprint density at radius 2 is 2.12 bits per heavy atom. The maximum absolute atomic E-state index is 12.1. The molecule has 1 aliphatic heterocycles. The van der Waals surface area contributed by atoms with Crippen molar-refractivity contribution in [2.75, 3.05) is 0 Å². The quantitative estimate of drug-likeness (QED) is 0.586. The van der Waals surface area contributed by atoms with E-state index in [1.807, 2.05) is 19.9 Å². The van der Waals surface area contributed by atoms with E-state index >= 15 is 0 Å². The highest BCUT2D eigenvalue weighted by Gasteiger charge is 2.35. The van der Waals surface area contributed by atoms with Gasteiger partial charge in [0.1, 0.15) is 17.4 Å². The van der Waals surface area contributed by atoms with Crippen molar-refractivity contribution in [1.82, 2.24) is 0 Å². The number of carbonyl (C=O) groups excluding carboxylic acids is 1. The van der Waals surface area contributed by atoms with Crippen molar-refractivity contribution in [2.24, 2.45) is 0 Å². The third-order valence-corrected chi connectivity index (χ3v) is 4.28. The fraction of sp³-hybridized carbons (Fsp3) is 0.368. The standard InChI is InChI=1S/C19H22O5/c1-4-5-13-10-14(20)18-17(12(13)3)15(24-19(18)23)8-6-11(2)7-9-16(21)22/h4,6,10,15,20H,1,5,7-9H2,2-3H3,(H,21,22). The predicted molar refractivity (Wildman–Crippen MR) is 90.1 cm³/mol. The summed E-state index contributed by atoms with van der Waals surface area (Å²) in [7, 11) is 0. The maximum Gasteiger partial charge on any atom is 0.342 e. The van der Waals surface area contributed by atoms with Gasteiger partial charge in [-0.1, -0.05) is 17.7 Å². The Hall–Kier alpha value is -2.56. The minimum Gasteiger partial charge on any atom is -0.507 e. The third-order valence-electron chi connectivity index (χ3n) is 4.28. The monoisotopic (exact) mass is 330 g/mol. The van der Waals surface area contributed by atoms with Gasteiger partial charge in [0.15, 0.2) is 0 Å². The molecule has 1 unspecified atom stereocenters. The van der Waals surface area contributed by atoms with E-state index < -0.39 is 18.0 Å². The van der Waals surface area contributed by atoms with Crippen LogP contribution in [0.3, 0.4) is 0 Å². The van der Waals surface area contributed by atoms with Gasteiger partial charge in [-0.25, -0.2) is 4.79 Å². The number of carboxylic acid groups (broad SMARTS) is 1. The summed E-state index contributed by atoms with van der Waals surface area (Å²) in [5.74, 6) is -1.42. The van der Waals surface area contributed by atoms with Crippen LogP contribution in [0.25, 0.3) is 0 Å². The number of benzene rings is 1. The van der Waals surface area contributed by atoms with E-state index in [4.69, 9.17) is 9.84 Å². The van der Waals surface area contributed by atoms with Crippen molar-refractivity contribution in [3.05, 3.63) is 52.6 Å². The number of ether oxygens (including phenoxy) is 1. The Morgan fingerprint density at radius 3 is 2.75 bits per heavy atom. The maximum atomic E-state index is 12.1. The number of fused-ring (bicyclic) bond motifs is 1. The number of carboxylic acids is 1. The lowest BCUT2D eigenvalue weighted by Gasteiger charge is -2.14. The molecule has 1 aromatic rings. The smallest absolute Gasteiger partial charge is 0.342 e. The number of hydrogen-bond donors (Lipinski definition) is 2.